The molecule has 32 heavy (non-hydrogen) atoms. The lowest BCUT2D eigenvalue weighted by Crippen LogP contribution is -2.66. The lowest BCUT2D eigenvalue weighted by molar-refractivity contribution is 0.206. The molecule has 2 aromatic carbocycles. The van der Waals surface area contributed by atoms with Crippen LogP contribution in [0.3, 0.4) is 0 Å². The lowest BCUT2D eigenvalue weighted by atomic mass is 9.84. The summed E-state index contributed by atoms with van der Waals surface area (Å²) in [6.45, 7) is 7.86. The molecular formula is C27H37N3OSi. The highest BCUT2D eigenvalue weighted by Crippen LogP contribution is 2.38. The van der Waals surface area contributed by atoms with Crippen LogP contribution >= 0.6 is 0 Å². The van der Waals surface area contributed by atoms with Gasteiger partial charge in [0.1, 0.15) is 0 Å². The number of nitrogen functional groups attached to an aromatic ring is 1. The van der Waals surface area contributed by atoms with Crippen LogP contribution in [0.15, 0.2) is 73.1 Å². The zero-order valence-electron chi connectivity index (χ0n) is 19.7. The standard InChI is InChI=1S/C27H37N3OSi/c1-27(2,3)32(25-10-6-4-7-11-25,26-12-8-5-9-13-26)31-19-18-22-14-16-24(17-15-22)30-21-23(28)20-29-30/h4-13,20-22,24H,14-19,28H2,1-3H3/t22-,24+. The first-order chi connectivity index (χ1) is 15.4. The molecule has 3 aromatic rings. The third-order valence-corrected chi connectivity index (χ3v) is 12.1. The Morgan fingerprint density at radius 2 is 1.50 bits per heavy atom. The molecule has 0 bridgehead atoms. The van der Waals surface area contributed by atoms with Gasteiger partial charge in [-0.2, -0.15) is 5.10 Å². The Labute approximate surface area is 193 Å². The normalized spacial score (nSPS) is 19.7. The van der Waals surface area contributed by atoms with Gasteiger partial charge in [0.25, 0.3) is 8.32 Å². The van der Waals surface area contributed by atoms with Crippen molar-refractivity contribution >= 4 is 24.4 Å². The zero-order chi connectivity index (χ0) is 22.6. The number of rotatable bonds is 7. The van der Waals surface area contributed by atoms with E-state index in [9.17, 15) is 0 Å². The van der Waals surface area contributed by atoms with Gasteiger partial charge in [-0.15, -0.1) is 0 Å². The van der Waals surface area contributed by atoms with Crippen molar-refractivity contribution < 1.29 is 4.43 Å². The third-order valence-electron chi connectivity index (χ3n) is 7.07. The van der Waals surface area contributed by atoms with E-state index >= 15 is 0 Å². The van der Waals surface area contributed by atoms with E-state index in [4.69, 9.17) is 10.2 Å². The molecule has 2 N–H and O–H groups in total. The summed E-state index contributed by atoms with van der Waals surface area (Å²) >= 11 is 0. The van der Waals surface area contributed by atoms with Crippen molar-refractivity contribution in [2.24, 2.45) is 5.92 Å². The zero-order valence-corrected chi connectivity index (χ0v) is 20.7. The van der Waals surface area contributed by atoms with E-state index in [0.29, 0.717) is 6.04 Å². The van der Waals surface area contributed by atoms with Crippen LogP contribution in [0.25, 0.3) is 0 Å². The van der Waals surface area contributed by atoms with Gasteiger partial charge in [0.05, 0.1) is 17.9 Å². The van der Waals surface area contributed by atoms with Crippen molar-refractivity contribution in [1.82, 2.24) is 9.78 Å². The van der Waals surface area contributed by atoms with Gasteiger partial charge in [-0.3, -0.25) is 4.68 Å². The minimum absolute atomic E-state index is 0.0351. The molecule has 1 aliphatic rings. The predicted octanol–water partition coefficient (Wildman–Crippen LogP) is 5.16. The molecule has 0 amide bonds. The predicted molar refractivity (Wildman–Crippen MR) is 136 cm³/mol. The lowest BCUT2D eigenvalue weighted by Gasteiger charge is -2.43. The summed E-state index contributed by atoms with van der Waals surface area (Å²) in [6.07, 6.45) is 9.65. The highest BCUT2D eigenvalue weighted by molar-refractivity contribution is 6.99. The summed E-state index contributed by atoms with van der Waals surface area (Å²) in [5.41, 5.74) is 6.61. The third kappa shape index (κ3) is 4.69. The Bertz CT molecular complexity index is 933. The van der Waals surface area contributed by atoms with Crippen molar-refractivity contribution in [1.29, 1.82) is 0 Å². The van der Waals surface area contributed by atoms with Crippen LogP contribution in [0.5, 0.6) is 0 Å². The van der Waals surface area contributed by atoms with Gasteiger partial charge in [-0.1, -0.05) is 81.4 Å². The molecule has 0 aliphatic heterocycles. The highest BCUT2D eigenvalue weighted by Gasteiger charge is 2.50. The first-order valence-corrected chi connectivity index (χ1v) is 13.9. The second-order valence-corrected chi connectivity index (χ2v) is 14.5. The highest BCUT2D eigenvalue weighted by atomic mass is 28.4. The summed E-state index contributed by atoms with van der Waals surface area (Å²) in [5, 5.41) is 7.18. The molecule has 0 radical (unpaired) electrons. The van der Waals surface area contributed by atoms with Gasteiger partial charge < -0.3 is 10.2 Å². The van der Waals surface area contributed by atoms with Crippen molar-refractivity contribution in [3.63, 3.8) is 0 Å². The van der Waals surface area contributed by atoms with Gasteiger partial charge in [0.15, 0.2) is 0 Å². The van der Waals surface area contributed by atoms with E-state index in [1.165, 1.54) is 36.1 Å². The second kappa shape index (κ2) is 9.63. The Hall–Kier alpha value is -2.37. The minimum atomic E-state index is -2.43. The van der Waals surface area contributed by atoms with Crippen LogP contribution in [0, 0.1) is 5.92 Å². The van der Waals surface area contributed by atoms with E-state index < -0.39 is 8.32 Å². The molecule has 170 valence electrons. The first-order valence-electron chi connectivity index (χ1n) is 11.9. The summed E-state index contributed by atoms with van der Waals surface area (Å²) in [4.78, 5) is 0. The summed E-state index contributed by atoms with van der Waals surface area (Å²) in [7, 11) is -2.43. The molecule has 0 atom stereocenters. The van der Waals surface area contributed by atoms with Crippen LogP contribution in [-0.2, 0) is 4.43 Å². The maximum atomic E-state index is 7.09. The van der Waals surface area contributed by atoms with E-state index in [1.54, 1.807) is 6.20 Å². The van der Waals surface area contributed by atoms with Gasteiger partial charge in [-0.05, 0) is 53.4 Å². The quantitative estimate of drug-likeness (QED) is 0.509. The average molecular weight is 448 g/mol. The fraction of sp³-hybridized carbons (Fsp3) is 0.444. The Morgan fingerprint density at radius 3 is 1.97 bits per heavy atom. The topological polar surface area (TPSA) is 53.1 Å². The van der Waals surface area contributed by atoms with Crippen molar-refractivity contribution in [3.8, 4) is 0 Å². The van der Waals surface area contributed by atoms with Gasteiger partial charge in [-0.25, -0.2) is 0 Å². The molecular weight excluding hydrogens is 410 g/mol. The molecule has 0 unspecified atom stereocenters. The van der Waals surface area contributed by atoms with Crippen LogP contribution in [0.2, 0.25) is 5.04 Å². The summed E-state index contributed by atoms with van der Waals surface area (Å²) in [6, 6.07) is 22.4. The number of aromatic nitrogens is 2. The van der Waals surface area contributed by atoms with E-state index in [1.807, 2.05) is 6.20 Å². The van der Waals surface area contributed by atoms with Gasteiger partial charge >= 0.3 is 0 Å². The Kier molecular flexibility index (Phi) is 6.87. The molecule has 1 saturated carbocycles. The van der Waals surface area contributed by atoms with Crippen molar-refractivity contribution in [2.75, 3.05) is 12.3 Å². The van der Waals surface area contributed by atoms with Crippen molar-refractivity contribution in [2.45, 2.75) is 64.0 Å². The largest absolute Gasteiger partial charge is 0.407 e. The molecule has 4 nitrogen and oxygen atoms in total. The maximum Gasteiger partial charge on any atom is 0.261 e. The monoisotopic (exact) mass is 447 g/mol. The van der Waals surface area contributed by atoms with Gasteiger partial charge in [0.2, 0.25) is 0 Å². The van der Waals surface area contributed by atoms with Crippen LogP contribution in [-0.4, -0.2) is 24.7 Å². The number of nitrogens with two attached hydrogens (primary N) is 1. The number of hydrogen-bond acceptors (Lipinski definition) is 3. The molecule has 1 fully saturated rings. The Morgan fingerprint density at radius 1 is 0.938 bits per heavy atom. The molecule has 1 aromatic heterocycles. The molecule has 0 saturated heterocycles. The number of nitrogens with zero attached hydrogens (tertiary/aromatic N) is 2. The smallest absolute Gasteiger partial charge is 0.261 e. The van der Waals surface area contributed by atoms with Crippen LogP contribution < -0.4 is 16.1 Å². The summed E-state index contributed by atoms with van der Waals surface area (Å²) in [5.74, 6) is 0.720. The number of benzene rings is 2. The number of anilines is 1. The van der Waals surface area contributed by atoms with Gasteiger partial charge in [0, 0.05) is 12.8 Å². The summed E-state index contributed by atoms with van der Waals surface area (Å²) < 4.78 is 9.15. The second-order valence-electron chi connectivity index (χ2n) is 10.2. The van der Waals surface area contributed by atoms with Crippen LogP contribution in [0.4, 0.5) is 5.69 Å². The number of hydrogen-bond donors (Lipinski definition) is 1. The van der Waals surface area contributed by atoms with Crippen LogP contribution in [0.1, 0.15) is 58.9 Å². The molecule has 0 spiro atoms. The SMILES string of the molecule is CC(C)(C)[Si](OCC[C@H]1CC[C@@H](n2cc(N)cn2)CC1)(c1ccccc1)c1ccccc1. The average Bonchev–Trinajstić information content (AvgIpc) is 3.24. The first kappa shape index (κ1) is 22.8. The van der Waals surface area contributed by atoms with Crippen molar-refractivity contribution in [3.05, 3.63) is 73.1 Å². The fourth-order valence-electron chi connectivity index (χ4n) is 5.39. The maximum absolute atomic E-state index is 7.09. The Balaban J connectivity index is 1.47. The van der Waals surface area contributed by atoms with E-state index in [0.717, 1.165) is 24.6 Å². The molecule has 1 aliphatic carbocycles. The molecule has 1 heterocycles. The molecule has 4 rings (SSSR count). The minimum Gasteiger partial charge on any atom is -0.407 e. The van der Waals surface area contributed by atoms with E-state index in [-0.39, 0.29) is 5.04 Å². The van der Waals surface area contributed by atoms with E-state index in [2.05, 4.69) is 91.2 Å². The molecule has 5 heteroatoms. The fourth-order valence-corrected chi connectivity index (χ4v) is 9.97.